The van der Waals surface area contributed by atoms with E-state index in [1.165, 1.54) is 36.4 Å². The number of non-ortho nitro benzene ring substituents is 1. The molecule has 180 valence electrons. The SMILES string of the molecule is CS(=O)(=O)O[C@H](CC[C@@H](OS(C)(=O)=O)c1ccc(Cl)c([N+](=O)[O-])c1)c1ccc([N+](=O)[O-])cc1. The summed E-state index contributed by atoms with van der Waals surface area (Å²) in [4.78, 5) is 20.7. The Morgan fingerprint density at radius 2 is 1.27 bits per heavy atom. The average molecular weight is 523 g/mol. The largest absolute Gasteiger partial charge is 0.288 e. The van der Waals surface area contributed by atoms with Gasteiger partial charge in [-0.25, -0.2) is 0 Å². The van der Waals surface area contributed by atoms with Crippen molar-refractivity contribution < 1.29 is 35.0 Å². The Balaban J connectivity index is 2.39. The molecule has 0 aliphatic rings. The van der Waals surface area contributed by atoms with Crippen molar-refractivity contribution in [2.75, 3.05) is 12.5 Å². The van der Waals surface area contributed by atoms with E-state index >= 15 is 0 Å². The van der Waals surface area contributed by atoms with Crippen LogP contribution in [-0.4, -0.2) is 39.2 Å². The van der Waals surface area contributed by atoms with Crippen LogP contribution in [0.15, 0.2) is 42.5 Å². The summed E-state index contributed by atoms with van der Waals surface area (Å²) in [5.74, 6) is 0. The highest BCUT2D eigenvalue weighted by atomic mass is 35.5. The molecular weight excluding hydrogens is 504 g/mol. The predicted octanol–water partition coefficient (Wildman–Crippen LogP) is 3.67. The smallest absolute Gasteiger partial charge is 0.262 e. The Morgan fingerprint density at radius 1 is 0.818 bits per heavy atom. The number of hydrogen-bond acceptors (Lipinski definition) is 10. The first-order chi connectivity index (χ1) is 15.2. The van der Waals surface area contributed by atoms with Gasteiger partial charge in [0.15, 0.2) is 0 Å². The second-order valence-corrected chi connectivity index (χ2v) is 10.6. The quantitative estimate of drug-likeness (QED) is 0.240. The third-order valence-electron chi connectivity index (χ3n) is 4.29. The van der Waals surface area contributed by atoms with Crippen molar-refractivity contribution in [3.63, 3.8) is 0 Å². The van der Waals surface area contributed by atoms with Gasteiger partial charge in [-0.15, -0.1) is 0 Å². The maximum atomic E-state index is 11.8. The molecule has 2 atom stereocenters. The average Bonchev–Trinajstić information content (AvgIpc) is 2.68. The molecule has 33 heavy (non-hydrogen) atoms. The van der Waals surface area contributed by atoms with Crippen molar-refractivity contribution in [1.82, 2.24) is 0 Å². The minimum atomic E-state index is -4.01. The molecule has 0 N–H and O–H groups in total. The number of rotatable bonds is 11. The summed E-state index contributed by atoms with van der Waals surface area (Å²) in [7, 11) is -7.98. The Labute approximate surface area is 194 Å². The first-order valence-electron chi connectivity index (χ1n) is 9.11. The van der Waals surface area contributed by atoms with Crippen molar-refractivity contribution in [1.29, 1.82) is 0 Å². The predicted molar refractivity (Wildman–Crippen MR) is 118 cm³/mol. The van der Waals surface area contributed by atoms with E-state index in [1.807, 2.05) is 0 Å². The molecule has 0 bridgehead atoms. The van der Waals surface area contributed by atoms with Crippen LogP contribution in [0.4, 0.5) is 11.4 Å². The molecule has 0 aromatic heterocycles. The van der Waals surface area contributed by atoms with Crippen LogP contribution < -0.4 is 0 Å². The first-order valence-corrected chi connectivity index (χ1v) is 13.1. The highest BCUT2D eigenvalue weighted by Gasteiger charge is 2.26. The lowest BCUT2D eigenvalue weighted by Gasteiger charge is -2.21. The standard InChI is InChI=1S/C18H19ClN2O10S2/c1-32(26,27)30-17(12-3-6-14(7-4-12)20(22)23)9-10-18(31-33(2,28)29)13-5-8-15(19)16(11-13)21(24)25/h3-8,11,17-18H,9-10H2,1-2H3/t17-,18-/m1/s1. The Morgan fingerprint density at radius 3 is 1.70 bits per heavy atom. The Kier molecular flexibility index (Phi) is 8.48. The molecule has 2 rings (SSSR count). The maximum absolute atomic E-state index is 11.8. The van der Waals surface area contributed by atoms with Gasteiger partial charge in [-0.2, -0.15) is 16.8 Å². The van der Waals surface area contributed by atoms with Gasteiger partial charge >= 0.3 is 0 Å². The molecule has 0 saturated heterocycles. The molecule has 0 fully saturated rings. The van der Waals surface area contributed by atoms with Crippen LogP contribution in [0.5, 0.6) is 0 Å². The Hall–Kier alpha value is -2.65. The normalized spacial score (nSPS) is 13.9. The lowest BCUT2D eigenvalue weighted by atomic mass is 9.99. The summed E-state index contributed by atoms with van der Waals surface area (Å²) in [5.41, 5.74) is -0.274. The Bertz CT molecular complexity index is 1250. The van der Waals surface area contributed by atoms with Gasteiger partial charge in [-0.05, 0) is 42.2 Å². The molecule has 0 saturated carbocycles. The fraction of sp³-hybridized carbons (Fsp3) is 0.333. The van der Waals surface area contributed by atoms with Crippen LogP contribution >= 0.6 is 11.6 Å². The van der Waals surface area contributed by atoms with E-state index in [4.69, 9.17) is 20.0 Å². The van der Waals surface area contributed by atoms with Gasteiger partial charge in [-0.3, -0.25) is 28.6 Å². The van der Waals surface area contributed by atoms with Crippen LogP contribution in [0.1, 0.15) is 36.2 Å². The van der Waals surface area contributed by atoms with Gasteiger partial charge in [0.05, 0.1) is 22.4 Å². The summed E-state index contributed by atoms with van der Waals surface area (Å²) in [6.07, 6.45) is -0.984. The van der Waals surface area contributed by atoms with E-state index in [0.717, 1.165) is 18.6 Å². The van der Waals surface area contributed by atoms with E-state index in [2.05, 4.69) is 0 Å². The number of nitro groups is 2. The molecular formula is C18H19ClN2O10S2. The van der Waals surface area contributed by atoms with E-state index in [-0.39, 0.29) is 34.7 Å². The molecule has 0 spiro atoms. The van der Waals surface area contributed by atoms with Gasteiger partial charge in [0.2, 0.25) is 0 Å². The molecule has 0 amide bonds. The third-order valence-corrected chi connectivity index (χ3v) is 5.77. The summed E-state index contributed by atoms with van der Waals surface area (Å²) in [6.45, 7) is 0. The van der Waals surface area contributed by atoms with E-state index in [9.17, 15) is 37.1 Å². The molecule has 12 nitrogen and oxygen atoms in total. The van der Waals surface area contributed by atoms with Crippen molar-refractivity contribution in [3.8, 4) is 0 Å². The second-order valence-electron chi connectivity index (χ2n) is 6.97. The van der Waals surface area contributed by atoms with Crippen molar-refractivity contribution >= 4 is 43.2 Å². The number of nitro benzene ring substituents is 2. The van der Waals surface area contributed by atoms with Crippen LogP contribution in [-0.2, 0) is 28.6 Å². The third kappa shape index (κ3) is 8.33. The van der Waals surface area contributed by atoms with Crippen molar-refractivity contribution in [2.45, 2.75) is 25.0 Å². The van der Waals surface area contributed by atoms with Gasteiger partial charge in [0.1, 0.15) is 17.2 Å². The minimum absolute atomic E-state index is 0.110. The summed E-state index contributed by atoms with van der Waals surface area (Å²) in [6, 6.07) is 8.59. The van der Waals surface area contributed by atoms with E-state index in [0.29, 0.717) is 0 Å². The van der Waals surface area contributed by atoms with Crippen molar-refractivity contribution in [2.24, 2.45) is 0 Å². The molecule has 0 heterocycles. The van der Waals surface area contributed by atoms with Crippen LogP contribution in [0, 0.1) is 20.2 Å². The number of nitrogens with zero attached hydrogens (tertiary/aromatic N) is 2. The fourth-order valence-corrected chi connectivity index (χ4v) is 4.39. The lowest BCUT2D eigenvalue weighted by Crippen LogP contribution is -2.15. The topological polar surface area (TPSA) is 173 Å². The molecule has 0 unspecified atom stereocenters. The number of benzene rings is 2. The molecule has 0 aliphatic carbocycles. The van der Waals surface area contributed by atoms with Gasteiger partial charge < -0.3 is 0 Å². The molecule has 15 heteroatoms. The zero-order valence-electron chi connectivity index (χ0n) is 17.3. The van der Waals surface area contributed by atoms with E-state index in [1.54, 1.807) is 0 Å². The van der Waals surface area contributed by atoms with Crippen LogP contribution in [0.2, 0.25) is 5.02 Å². The second kappa shape index (κ2) is 10.5. The molecule has 0 aliphatic heterocycles. The zero-order chi connectivity index (χ0) is 25.0. The van der Waals surface area contributed by atoms with Crippen LogP contribution in [0.3, 0.4) is 0 Å². The first kappa shape index (κ1) is 26.6. The number of hydrogen-bond donors (Lipinski definition) is 0. The highest BCUT2D eigenvalue weighted by molar-refractivity contribution is 7.86. The van der Waals surface area contributed by atoms with E-state index < -0.39 is 48.0 Å². The summed E-state index contributed by atoms with van der Waals surface area (Å²) in [5, 5.41) is 21.9. The zero-order valence-corrected chi connectivity index (χ0v) is 19.7. The maximum Gasteiger partial charge on any atom is 0.288 e. The van der Waals surface area contributed by atoms with Crippen molar-refractivity contribution in [3.05, 3.63) is 78.8 Å². The highest BCUT2D eigenvalue weighted by Crippen LogP contribution is 2.35. The minimum Gasteiger partial charge on any atom is -0.262 e. The monoisotopic (exact) mass is 522 g/mol. The molecule has 2 aromatic rings. The lowest BCUT2D eigenvalue weighted by molar-refractivity contribution is -0.385. The van der Waals surface area contributed by atoms with Crippen LogP contribution in [0.25, 0.3) is 0 Å². The fourth-order valence-electron chi connectivity index (χ4n) is 2.95. The summed E-state index contributed by atoms with van der Waals surface area (Å²) >= 11 is 5.81. The number of halogens is 1. The van der Waals surface area contributed by atoms with Gasteiger partial charge in [-0.1, -0.05) is 17.7 Å². The summed E-state index contributed by atoms with van der Waals surface area (Å²) < 4.78 is 57.2. The molecule has 0 radical (unpaired) electrons. The van der Waals surface area contributed by atoms with Gasteiger partial charge in [0, 0.05) is 18.2 Å². The molecule has 2 aromatic carbocycles. The van der Waals surface area contributed by atoms with Gasteiger partial charge in [0.25, 0.3) is 31.6 Å².